The first kappa shape index (κ1) is 12.8. The van der Waals surface area contributed by atoms with Crippen LogP contribution in [0.3, 0.4) is 0 Å². The van der Waals surface area contributed by atoms with Crippen molar-refractivity contribution >= 4 is 10.8 Å². The van der Waals surface area contributed by atoms with Gasteiger partial charge < -0.3 is 14.3 Å². The minimum absolute atomic E-state index is 0.428. The van der Waals surface area contributed by atoms with Crippen molar-refractivity contribution < 1.29 is 14.3 Å². The third-order valence-electron chi connectivity index (χ3n) is 3.46. The highest BCUT2D eigenvalue weighted by Gasteiger charge is 2.18. The van der Waals surface area contributed by atoms with E-state index in [0.717, 1.165) is 22.1 Å². The fourth-order valence-electron chi connectivity index (χ4n) is 2.52. The maximum atomic E-state index is 10.6. The first-order valence-electron chi connectivity index (χ1n) is 6.55. The molecule has 0 amide bonds. The predicted molar refractivity (Wildman–Crippen MR) is 77.9 cm³/mol. The van der Waals surface area contributed by atoms with Crippen molar-refractivity contribution in [3.05, 3.63) is 66.1 Å². The standard InChI is InChI=1S/C17H16O3/c1-19-16-9-8-12-5-2-3-7-14(12)17(16)15(18)11-13-6-4-10-20-13/h2-10,15,18H,11H2,1H3. The molecule has 3 nitrogen and oxygen atoms in total. The first-order valence-corrected chi connectivity index (χ1v) is 6.55. The number of methoxy groups -OCH3 is 1. The van der Waals surface area contributed by atoms with E-state index in [4.69, 9.17) is 9.15 Å². The highest BCUT2D eigenvalue weighted by Crippen LogP contribution is 2.34. The summed E-state index contributed by atoms with van der Waals surface area (Å²) in [4.78, 5) is 0. The Morgan fingerprint density at radius 2 is 1.95 bits per heavy atom. The Bertz CT molecular complexity index is 701. The highest BCUT2D eigenvalue weighted by atomic mass is 16.5. The van der Waals surface area contributed by atoms with Gasteiger partial charge in [0.1, 0.15) is 11.5 Å². The number of benzene rings is 2. The third-order valence-corrected chi connectivity index (χ3v) is 3.46. The van der Waals surface area contributed by atoms with Gasteiger partial charge in [0.05, 0.1) is 19.5 Å². The lowest BCUT2D eigenvalue weighted by molar-refractivity contribution is 0.168. The summed E-state index contributed by atoms with van der Waals surface area (Å²) in [5.74, 6) is 1.45. The lowest BCUT2D eigenvalue weighted by Gasteiger charge is -2.16. The number of hydrogen-bond acceptors (Lipinski definition) is 3. The van der Waals surface area contributed by atoms with Gasteiger partial charge in [0.15, 0.2) is 0 Å². The molecule has 0 fully saturated rings. The van der Waals surface area contributed by atoms with Crippen LogP contribution in [0, 0.1) is 0 Å². The van der Waals surface area contributed by atoms with Crippen LogP contribution in [-0.4, -0.2) is 12.2 Å². The zero-order valence-electron chi connectivity index (χ0n) is 11.2. The van der Waals surface area contributed by atoms with Crippen LogP contribution in [0.25, 0.3) is 10.8 Å². The molecule has 2 aromatic carbocycles. The van der Waals surface area contributed by atoms with Crippen LogP contribution in [0.5, 0.6) is 5.75 Å². The molecule has 0 aliphatic rings. The summed E-state index contributed by atoms with van der Waals surface area (Å²) in [5.41, 5.74) is 0.807. The number of rotatable bonds is 4. The van der Waals surface area contributed by atoms with Crippen molar-refractivity contribution in [3.8, 4) is 5.75 Å². The van der Waals surface area contributed by atoms with Gasteiger partial charge in [-0.1, -0.05) is 30.3 Å². The number of aliphatic hydroxyl groups is 1. The second-order valence-electron chi connectivity index (χ2n) is 4.70. The Morgan fingerprint density at radius 3 is 2.70 bits per heavy atom. The SMILES string of the molecule is COc1ccc2ccccc2c1C(O)Cc1ccco1. The molecule has 0 spiro atoms. The van der Waals surface area contributed by atoms with Crippen LogP contribution in [0.15, 0.2) is 59.2 Å². The van der Waals surface area contributed by atoms with Crippen LogP contribution in [0.1, 0.15) is 17.4 Å². The van der Waals surface area contributed by atoms with Crippen LogP contribution >= 0.6 is 0 Å². The molecular formula is C17H16O3. The first-order chi connectivity index (χ1) is 9.79. The number of hydrogen-bond donors (Lipinski definition) is 1. The summed E-state index contributed by atoms with van der Waals surface area (Å²) in [6.07, 6.45) is 1.38. The fraction of sp³-hybridized carbons (Fsp3) is 0.176. The maximum Gasteiger partial charge on any atom is 0.125 e. The lowest BCUT2D eigenvalue weighted by Crippen LogP contribution is -2.04. The molecule has 3 heteroatoms. The van der Waals surface area contributed by atoms with Gasteiger partial charge in [-0.3, -0.25) is 0 Å². The molecule has 102 valence electrons. The van der Waals surface area contributed by atoms with Crippen molar-refractivity contribution in [3.63, 3.8) is 0 Å². The molecule has 0 saturated heterocycles. The van der Waals surface area contributed by atoms with Gasteiger partial charge in [-0.05, 0) is 29.0 Å². The van der Waals surface area contributed by atoms with E-state index in [1.807, 2.05) is 48.5 Å². The van der Waals surface area contributed by atoms with E-state index in [1.165, 1.54) is 0 Å². The van der Waals surface area contributed by atoms with Gasteiger partial charge in [-0.2, -0.15) is 0 Å². The molecular weight excluding hydrogens is 252 g/mol. The Balaban J connectivity index is 2.08. The Morgan fingerprint density at radius 1 is 1.10 bits per heavy atom. The molecule has 3 aromatic rings. The largest absolute Gasteiger partial charge is 0.496 e. The van der Waals surface area contributed by atoms with Gasteiger partial charge in [-0.15, -0.1) is 0 Å². The summed E-state index contributed by atoms with van der Waals surface area (Å²) in [5, 5.41) is 12.7. The minimum atomic E-state index is -0.665. The van der Waals surface area contributed by atoms with Gasteiger partial charge in [0.2, 0.25) is 0 Å². The van der Waals surface area contributed by atoms with Crippen LogP contribution < -0.4 is 4.74 Å². The summed E-state index contributed by atoms with van der Waals surface area (Å²) >= 11 is 0. The van der Waals surface area contributed by atoms with Crippen LogP contribution in [0.2, 0.25) is 0 Å². The fourth-order valence-corrected chi connectivity index (χ4v) is 2.52. The topological polar surface area (TPSA) is 42.6 Å². The Kier molecular flexibility index (Phi) is 3.44. The number of ether oxygens (including phenoxy) is 1. The molecule has 1 N–H and O–H groups in total. The molecule has 0 aliphatic heterocycles. The van der Waals surface area contributed by atoms with Crippen LogP contribution in [0.4, 0.5) is 0 Å². The Hall–Kier alpha value is -2.26. The molecule has 3 rings (SSSR count). The predicted octanol–water partition coefficient (Wildman–Crippen LogP) is 3.72. The van der Waals surface area contributed by atoms with Crippen molar-refractivity contribution in [2.75, 3.05) is 7.11 Å². The van der Waals surface area contributed by atoms with Gasteiger partial charge in [0, 0.05) is 12.0 Å². The number of fused-ring (bicyclic) bond motifs is 1. The average molecular weight is 268 g/mol. The lowest BCUT2D eigenvalue weighted by atomic mass is 9.97. The van der Waals surface area contributed by atoms with E-state index in [-0.39, 0.29) is 0 Å². The van der Waals surface area contributed by atoms with E-state index in [9.17, 15) is 5.11 Å². The zero-order valence-corrected chi connectivity index (χ0v) is 11.2. The van der Waals surface area contributed by atoms with E-state index in [0.29, 0.717) is 12.2 Å². The normalized spacial score (nSPS) is 12.5. The van der Waals surface area contributed by atoms with Crippen LogP contribution in [-0.2, 0) is 6.42 Å². The summed E-state index contributed by atoms with van der Waals surface area (Å²) in [7, 11) is 1.62. The highest BCUT2D eigenvalue weighted by molar-refractivity contribution is 5.88. The number of aliphatic hydroxyl groups excluding tert-OH is 1. The number of furan rings is 1. The molecule has 1 atom stereocenters. The molecule has 0 aliphatic carbocycles. The summed E-state index contributed by atoms with van der Waals surface area (Å²) < 4.78 is 10.7. The van der Waals surface area contributed by atoms with E-state index < -0.39 is 6.10 Å². The van der Waals surface area contributed by atoms with Gasteiger partial charge in [-0.25, -0.2) is 0 Å². The monoisotopic (exact) mass is 268 g/mol. The van der Waals surface area contributed by atoms with E-state index in [1.54, 1.807) is 13.4 Å². The maximum absolute atomic E-state index is 10.6. The minimum Gasteiger partial charge on any atom is -0.496 e. The second-order valence-corrected chi connectivity index (χ2v) is 4.70. The van der Waals surface area contributed by atoms with Gasteiger partial charge in [0.25, 0.3) is 0 Å². The average Bonchev–Trinajstić information content (AvgIpc) is 2.98. The van der Waals surface area contributed by atoms with Gasteiger partial charge >= 0.3 is 0 Å². The summed E-state index contributed by atoms with van der Waals surface area (Å²) in [6, 6.07) is 15.5. The van der Waals surface area contributed by atoms with Crippen molar-refractivity contribution in [2.24, 2.45) is 0 Å². The second kappa shape index (κ2) is 5.39. The third kappa shape index (κ3) is 2.28. The van der Waals surface area contributed by atoms with Crippen molar-refractivity contribution in [1.29, 1.82) is 0 Å². The molecule has 1 unspecified atom stereocenters. The molecule has 0 saturated carbocycles. The molecule has 0 radical (unpaired) electrons. The quantitative estimate of drug-likeness (QED) is 0.784. The van der Waals surface area contributed by atoms with E-state index >= 15 is 0 Å². The summed E-state index contributed by atoms with van der Waals surface area (Å²) in [6.45, 7) is 0. The molecule has 20 heavy (non-hydrogen) atoms. The molecule has 1 aromatic heterocycles. The van der Waals surface area contributed by atoms with Crippen molar-refractivity contribution in [1.82, 2.24) is 0 Å². The smallest absolute Gasteiger partial charge is 0.125 e. The van der Waals surface area contributed by atoms with E-state index in [2.05, 4.69) is 0 Å². The zero-order chi connectivity index (χ0) is 13.9. The molecule has 0 bridgehead atoms. The molecule has 1 heterocycles. The van der Waals surface area contributed by atoms with Crippen molar-refractivity contribution in [2.45, 2.75) is 12.5 Å². The Labute approximate surface area is 117 Å².